The lowest BCUT2D eigenvalue weighted by molar-refractivity contribution is -0.212. The van der Waals surface area contributed by atoms with Crippen LogP contribution in [0.15, 0.2) is 43.0 Å². The average molecular weight is 480 g/mol. The van der Waals surface area contributed by atoms with E-state index in [-0.39, 0.29) is 6.61 Å². The van der Waals surface area contributed by atoms with Crippen molar-refractivity contribution < 1.29 is 36.9 Å². The minimum absolute atomic E-state index is 0.300. The number of ether oxygens (including phenoxy) is 5. The molecule has 0 aliphatic carbocycles. The summed E-state index contributed by atoms with van der Waals surface area (Å²) in [7, 11) is 0. The lowest BCUT2D eigenvalue weighted by atomic mass is 10.1. The highest BCUT2D eigenvalue weighted by Gasteiger charge is 2.56. The first-order valence-corrected chi connectivity index (χ1v) is 10.7. The Morgan fingerprint density at radius 1 is 1.06 bits per heavy atom. The summed E-state index contributed by atoms with van der Waals surface area (Å²) in [4.78, 5) is 12.9. The van der Waals surface area contributed by atoms with Crippen molar-refractivity contribution in [3.8, 4) is 5.88 Å². The maximum absolute atomic E-state index is 12.5. The van der Waals surface area contributed by atoms with Crippen molar-refractivity contribution in [3.63, 3.8) is 0 Å². The molecule has 182 valence electrons. The molecule has 2 saturated heterocycles. The third-order valence-electron chi connectivity index (χ3n) is 5.49. The van der Waals surface area contributed by atoms with E-state index < -0.39 is 43.1 Å². The van der Waals surface area contributed by atoms with Crippen LogP contribution in [-0.2, 0) is 25.6 Å². The van der Waals surface area contributed by atoms with Crippen molar-refractivity contribution in [2.45, 2.75) is 57.0 Å². The smallest absolute Gasteiger partial charge is 0.411 e. The van der Waals surface area contributed by atoms with Crippen LogP contribution in [0.2, 0.25) is 0 Å². The van der Waals surface area contributed by atoms with Crippen molar-refractivity contribution >= 4 is 11.2 Å². The maximum Gasteiger partial charge on any atom is 0.411 e. The Balaban J connectivity index is 1.38. The zero-order chi connectivity index (χ0) is 23.9. The molecule has 12 heteroatoms. The number of aromatic nitrogens is 4. The molecular weight excluding hydrogens is 457 g/mol. The normalized spacial score (nSPS) is 26.1. The summed E-state index contributed by atoms with van der Waals surface area (Å²) in [6, 6.07) is 9.61. The van der Waals surface area contributed by atoms with Crippen LogP contribution in [0.4, 0.5) is 13.2 Å². The molecular formula is C22H23F3N4O5. The molecule has 5 rings (SSSR count). The van der Waals surface area contributed by atoms with Gasteiger partial charge in [0.1, 0.15) is 37.9 Å². The molecule has 0 N–H and O–H groups in total. The maximum atomic E-state index is 12.5. The second-order valence-corrected chi connectivity index (χ2v) is 8.54. The first-order valence-electron chi connectivity index (χ1n) is 10.7. The van der Waals surface area contributed by atoms with Gasteiger partial charge >= 0.3 is 6.18 Å². The largest absolute Gasteiger partial charge is 0.471 e. The van der Waals surface area contributed by atoms with E-state index in [9.17, 15) is 13.2 Å². The van der Waals surface area contributed by atoms with Crippen LogP contribution in [0, 0.1) is 0 Å². The number of hydrogen-bond acceptors (Lipinski definition) is 8. The Bertz CT molecular complexity index is 1140. The summed E-state index contributed by atoms with van der Waals surface area (Å²) in [5.74, 6) is -0.634. The van der Waals surface area contributed by atoms with Gasteiger partial charge in [-0.3, -0.25) is 4.57 Å². The topological polar surface area (TPSA) is 89.8 Å². The van der Waals surface area contributed by atoms with Gasteiger partial charge in [0, 0.05) is 0 Å². The van der Waals surface area contributed by atoms with Crippen molar-refractivity contribution in [1.82, 2.24) is 19.5 Å². The molecule has 4 heterocycles. The van der Waals surface area contributed by atoms with Gasteiger partial charge in [-0.05, 0) is 19.4 Å². The molecule has 0 spiro atoms. The molecule has 9 nitrogen and oxygen atoms in total. The molecule has 2 fully saturated rings. The van der Waals surface area contributed by atoms with Crippen LogP contribution in [0.3, 0.4) is 0 Å². The van der Waals surface area contributed by atoms with Crippen LogP contribution in [0.5, 0.6) is 5.88 Å². The summed E-state index contributed by atoms with van der Waals surface area (Å²) in [6.45, 7) is 2.10. The van der Waals surface area contributed by atoms with Gasteiger partial charge in [0.05, 0.1) is 12.9 Å². The first kappa shape index (κ1) is 23.0. The molecule has 3 aromatic rings. The van der Waals surface area contributed by atoms with E-state index in [1.807, 2.05) is 30.3 Å². The van der Waals surface area contributed by atoms with E-state index in [4.69, 9.17) is 23.7 Å². The SMILES string of the molecule is CC1(C)O[C@@H]2C(COCC(F)(F)F)OC(n3cnc4c(OCc5ccccc5)ncnc43)[C@@H]2O1. The van der Waals surface area contributed by atoms with Gasteiger partial charge in [-0.1, -0.05) is 30.3 Å². The van der Waals surface area contributed by atoms with E-state index in [0.717, 1.165) is 5.56 Å². The summed E-state index contributed by atoms with van der Waals surface area (Å²) in [5, 5.41) is 0. The number of nitrogens with zero attached hydrogens (tertiary/aromatic N) is 4. The number of alkyl halides is 3. The van der Waals surface area contributed by atoms with Gasteiger partial charge in [0.2, 0.25) is 5.88 Å². The van der Waals surface area contributed by atoms with E-state index in [0.29, 0.717) is 23.7 Å². The fraction of sp³-hybridized carbons (Fsp3) is 0.500. The Labute approximate surface area is 192 Å². The summed E-state index contributed by atoms with van der Waals surface area (Å²) >= 11 is 0. The Morgan fingerprint density at radius 3 is 2.59 bits per heavy atom. The molecule has 2 aliphatic heterocycles. The van der Waals surface area contributed by atoms with Crippen LogP contribution in [-0.4, -0.2) is 63.0 Å². The average Bonchev–Trinajstić information content (AvgIpc) is 3.43. The molecule has 0 bridgehead atoms. The Hall–Kier alpha value is -2.80. The fourth-order valence-electron chi connectivity index (χ4n) is 4.16. The molecule has 2 unspecified atom stereocenters. The number of hydrogen-bond donors (Lipinski definition) is 0. The summed E-state index contributed by atoms with van der Waals surface area (Å²) in [6.07, 6.45) is -4.30. The minimum Gasteiger partial charge on any atom is -0.471 e. The van der Waals surface area contributed by atoms with E-state index in [1.54, 1.807) is 18.4 Å². The summed E-state index contributed by atoms with van der Waals surface area (Å²) < 4.78 is 68.0. The van der Waals surface area contributed by atoms with Gasteiger partial charge in [-0.2, -0.15) is 18.2 Å². The monoisotopic (exact) mass is 480 g/mol. The predicted octanol–water partition coefficient (Wildman–Crippen LogP) is 3.40. The lowest BCUT2D eigenvalue weighted by Gasteiger charge is -2.24. The highest BCUT2D eigenvalue weighted by atomic mass is 19.4. The van der Waals surface area contributed by atoms with Gasteiger partial charge < -0.3 is 23.7 Å². The second kappa shape index (κ2) is 8.77. The number of benzene rings is 1. The van der Waals surface area contributed by atoms with Crippen LogP contribution in [0.1, 0.15) is 25.6 Å². The predicted molar refractivity (Wildman–Crippen MR) is 111 cm³/mol. The third kappa shape index (κ3) is 4.71. The molecule has 4 atom stereocenters. The lowest BCUT2D eigenvalue weighted by Crippen LogP contribution is -2.34. The van der Waals surface area contributed by atoms with E-state index in [2.05, 4.69) is 15.0 Å². The Kier molecular flexibility index (Phi) is 5.92. The number of imidazole rings is 1. The van der Waals surface area contributed by atoms with Crippen LogP contribution in [0.25, 0.3) is 11.2 Å². The zero-order valence-electron chi connectivity index (χ0n) is 18.4. The molecule has 0 saturated carbocycles. The fourth-order valence-corrected chi connectivity index (χ4v) is 4.16. The zero-order valence-corrected chi connectivity index (χ0v) is 18.4. The molecule has 2 aromatic heterocycles. The van der Waals surface area contributed by atoms with Crippen LogP contribution < -0.4 is 4.74 Å². The molecule has 0 amide bonds. The molecule has 34 heavy (non-hydrogen) atoms. The van der Waals surface area contributed by atoms with Crippen LogP contribution >= 0.6 is 0 Å². The van der Waals surface area contributed by atoms with Crippen molar-refractivity contribution in [2.24, 2.45) is 0 Å². The standard InChI is InChI=1S/C22H23F3N4O5/c1-21(2)33-16-14(9-30-10-22(23,24)25)32-20(17(16)34-21)29-12-28-15-18(29)26-11-27-19(15)31-8-13-6-4-3-5-7-13/h3-7,11-12,14,16-17,20H,8-10H2,1-2H3/t14?,16-,17-,20?/m1/s1. The number of rotatable bonds is 7. The minimum atomic E-state index is -4.43. The van der Waals surface area contributed by atoms with Gasteiger partial charge in [0.15, 0.2) is 23.2 Å². The van der Waals surface area contributed by atoms with Crippen molar-refractivity contribution in [2.75, 3.05) is 13.2 Å². The Morgan fingerprint density at radius 2 is 1.82 bits per heavy atom. The van der Waals surface area contributed by atoms with E-state index in [1.165, 1.54) is 12.7 Å². The van der Waals surface area contributed by atoms with Gasteiger partial charge in [-0.25, -0.2) is 9.97 Å². The molecule has 0 radical (unpaired) electrons. The second-order valence-electron chi connectivity index (χ2n) is 8.54. The highest BCUT2D eigenvalue weighted by Crippen LogP contribution is 2.44. The first-order chi connectivity index (χ1) is 16.2. The van der Waals surface area contributed by atoms with Crippen molar-refractivity contribution in [1.29, 1.82) is 0 Å². The number of fused-ring (bicyclic) bond motifs is 2. The van der Waals surface area contributed by atoms with E-state index >= 15 is 0 Å². The third-order valence-corrected chi connectivity index (χ3v) is 5.49. The van der Waals surface area contributed by atoms with Gasteiger partial charge in [-0.15, -0.1) is 0 Å². The highest BCUT2D eigenvalue weighted by molar-refractivity contribution is 5.76. The quantitative estimate of drug-likeness (QED) is 0.509. The molecule has 2 aliphatic rings. The van der Waals surface area contributed by atoms with Gasteiger partial charge in [0.25, 0.3) is 0 Å². The van der Waals surface area contributed by atoms with Crippen molar-refractivity contribution in [3.05, 3.63) is 48.5 Å². The molecule has 1 aromatic carbocycles. The number of halogens is 3. The summed E-state index contributed by atoms with van der Waals surface area (Å²) in [5.41, 5.74) is 1.83.